The molecule has 8 nitrogen and oxygen atoms in total. The third-order valence-electron chi connectivity index (χ3n) is 5.64. The van der Waals surface area contributed by atoms with Crippen molar-refractivity contribution >= 4 is 17.6 Å². The van der Waals surface area contributed by atoms with E-state index < -0.39 is 0 Å². The van der Waals surface area contributed by atoms with Crippen molar-refractivity contribution in [2.45, 2.75) is 31.7 Å². The van der Waals surface area contributed by atoms with Crippen LogP contribution in [0.5, 0.6) is 0 Å². The maximum absolute atomic E-state index is 13.0. The lowest BCUT2D eigenvalue weighted by atomic mass is 10.0. The lowest BCUT2D eigenvalue weighted by Crippen LogP contribution is -2.39. The molecule has 1 saturated carbocycles. The fraction of sp³-hybridized carbons (Fsp3) is 0.318. The maximum atomic E-state index is 13.0. The summed E-state index contributed by atoms with van der Waals surface area (Å²) < 4.78 is 0. The molecular weight excluding hydrogens is 380 g/mol. The number of pyridine rings is 1. The Morgan fingerprint density at radius 3 is 2.80 bits per heavy atom. The standard InChI is InChI=1S/C22H22N6O2/c1-14-17-5-3-9-27(21(17)22(30)28(14)16-6-7-16)13-20(29)26-19-12-24-18(11-25-19)15-4-2-8-23-10-15/h2,4,8,10-12,16H,1,3,5-7,9,13H2,(H,25,26,29). The Hall–Kier alpha value is -3.55. The molecule has 0 bridgehead atoms. The molecule has 1 N–H and O–H groups in total. The molecule has 5 rings (SSSR count). The number of allylic oxidation sites excluding steroid dienone is 1. The third kappa shape index (κ3) is 3.34. The molecular formula is C22H22N6O2. The molecule has 0 radical (unpaired) electrons. The molecule has 2 aliphatic heterocycles. The largest absolute Gasteiger partial charge is 0.357 e. The van der Waals surface area contributed by atoms with Crippen LogP contribution in [0.4, 0.5) is 5.82 Å². The molecule has 30 heavy (non-hydrogen) atoms. The van der Waals surface area contributed by atoms with Gasteiger partial charge in [0.2, 0.25) is 5.91 Å². The van der Waals surface area contributed by atoms with Gasteiger partial charge in [-0.2, -0.15) is 0 Å². The van der Waals surface area contributed by atoms with E-state index in [4.69, 9.17) is 0 Å². The Balaban J connectivity index is 1.26. The minimum Gasteiger partial charge on any atom is -0.357 e. The van der Waals surface area contributed by atoms with E-state index in [-0.39, 0.29) is 24.4 Å². The summed E-state index contributed by atoms with van der Waals surface area (Å²) in [5.41, 5.74) is 4.00. The number of anilines is 1. The van der Waals surface area contributed by atoms with Crippen LogP contribution in [0, 0.1) is 0 Å². The first-order chi connectivity index (χ1) is 14.6. The predicted molar refractivity (Wildman–Crippen MR) is 111 cm³/mol. The number of hydrogen-bond donors (Lipinski definition) is 1. The van der Waals surface area contributed by atoms with Crippen LogP contribution in [-0.2, 0) is 9.59 Å². The Kier molecular flexibility index (Phi) is 4.54. The highest BCUT2D eigenvalue weighted by Gasteiger charge is 2.45. The van der Waals surface area contributed by atoms with Gasteiger partial charge in [0.1, 0.15) is 5.70 Å². The molecule has 2 amide bonds. The highest BCUT2D eigenvalue weighted by molar-refractivity contribution is 6.01. The van der Waals surface area contributed by atoms with Crippen molar-refractivity contribution in [3.63, 3.8) is 0 Å². The Morgan fingerprint density at radius 2 is 2.10 bits per heavy atom. The van der Waals surface area contributed by atoms with E-state index in [2.05, 4.69) is 26.8 Å². The van der Waals surface area contributed by atoms with Gasteiger partial charge in [0.05, 0.1) is 24.6 Å². The van der Waals surface area contributed by atoms with Crippen molar-refractivity contribution in [1.82, 2.24) is 24.8 Å². The van der Waals surface area contributed by atoms with E-state index in [1.54, 1.807) is 18.6 Å². The fourth-order valence-corrected chi connectivity index (χ4v) is 4.08. The Bertz CT molecular complexity index is 1040. The van der Waals surface area contributed by atoms with Crippen molar-refractivity contribution in [1.29, 1.82) is 0 Å². The van der Waals surface area contributed by atoms with Crippen molar-refractivity contribution in [3.8, 4) is 11.3 Å². The number of carbonyl (C=O) groups is 2. The second-order valence-corrected chi connectivity index (χ2v) is 7.78. The summed E-state index contributed by atoms with van der Waals surface area (Å²) in [4.78, 5) is 42.0. The normalized spacial score (nSPS) is 18.7. The van der Waals surface area contributed by atoms with Gasteiger partial charge in [0, 0.05) is 41.8 Å². The minimum absolute atomic E-state index is 0.00869. The first kappa shape index (κ1) is 18.5. The highest BCUT2D eigenvalue weighted by Crippen LogP contribution is 2.42. The van der Waals surface area contributed by atoms with Crippen LogP contribution in [0.2, 0.25) is 0 Å². The predicted octanol–water partition coefficient (Wildman–Crippen LogP) is 2.35. The molecule has 2 aromatic heterocycles. The van der Waals surface area contributed by atoms with Crippen molar-refractivity contribution in [2.24, 2.45) is 0 Å². The van der Waals surface area contributed by atoms with Crippen molar-refractivity contribution in [3.05, 3.63) is 60.5 Å². The molecule has 3 aliphatic rings. The van der Waals surface area contributed by atoms with Crippen LogP contribution in [0.3, 0.4) is 0 Å². The van der Waals surface area contributed by atoms with Gasteiger partial charge < -0.3 is 15.1 Å². The summed E-state index contributed by atoms with van der Waals surface area (Å²) in [6.07, 6.45) is 10.3. The topological polar surface area (TPSA) is 91.3 Å². The summed E-state index contributed by atoms with van der Waals surface area (Å²) in [5.74, 6) is 0.140. The summed E-state index contributed by atoms with van der Waals surface area (Å²) in [5, 5.41) is 2.78. The van der Waals surface area contributed by atoms with Gasteiger partial charge in [-0.25, -0.2) is 4.98 Å². The molecule has 0 spiro atoms. The van der Waals surface area contributed by atoms with Crippen LogP contribution < -0.4 is 5.32 Å². The van der Waals surface area contributed by atoms with Gasteiger partial charge in [-0.05, 0) is 37.8 Å². The van der Waals surface area contributed by atoms with Crippen molar-refractivity contribution in [2.75, 3.05) is 18.4 Å². The Morgan fingerprint density at radius 1 is 1.23 bits per heavy atom. The van der Waals surface area contributed by atoms with Gasteiger partial charge in [0.15, 0.2) is 5.82 Å². The van der Waals surface area contributed by atoms with Gasteiger partial charge in [0.25, 0.3) is 5.91 Å². The zero-order valence-electron chi connectivity index (χ0n) is 16.5. The van der Waals surface area contributed by atoms with Crippen LogP contribution in [0.1, 0.15) is 25.7 Å². The smallest absolute Gasteiger partial charge is 0.275 e. The zero-order chi connectivity index (χ0) is 20.7. The van der Waals surface area contributed by atoms with Gasteiger partial charge >= 0.3 is 0 Å². The van der Waals surface area contributed by atoms with E-state index in [1.807, 2.05) is 21.9 Å². The molecule has 8 heteroatoms. The third-order valence-corrected chi connectivity index (χ3v) is 5.64. The summed E-state index contributed by atoms with van der Waals surface area (Å²) in [7, 11) is 0. The van der Waals surface area contributed by atoms with Crippen LogP contribution in [0.15, 0.2) is 60.5 Å². The average molecular weight is 402 g/mol. The monoisotopic (exact) mass is 402 g/mol. The molecule has 0 aromatic carbocycles. The summed E-state index contributed by atoms with van der Waals surface area (Å²) in [6.45, 7) is 4.92. The second-order valence-electron chi connectivity index (χ2n) is 7.78. The SMILES string of the molecule is C=C1C2=C(C(=O)N1C1CC1)N(CC(=O)Nc1cnc(-c3cccnc3)cn1)CCC2. The summed E-state index contributed by atoms with van der Waals surface area (Å²) >= 11 is 0. The van der Waals surface area contributed by atoms with Crippen LogP contribution in [0.25, 0.3) is 11.3 Å². The quantitative estimate of drug-likeness (QED) is 0.826. The van der Waals surface area contributed by atoms with Crippen LogP contribution >= 0.6 is 0 Å². The number of carbonyl (C=O) groups excluding carboxylic acids is 2. The van der Waals surface area contributed by atoms with E-state index in [1.165, 1.54) is 6.20 Å². The highest BCUT2D eigenvalue weighted by atomic mass is 16.2. The van der Waals surface area contributed by atoms with E-state index >= 15 is 0 Å². The van der Waals surface area contributed by atoms with Gasteiger partial charge in [-0.15, -0.1) is 0 Å². The number of nitrogens with zero attached hydrogens (tertiary/aromatic N) is 5. The first-order valence-corrected chi connectivity index (χ1v) is 10.1. The van der Waals surface area contributed by atoms with Gasteiger partial charge in [-0.1, -0.05) is 6.58 Å². The Labute approximate surface area is 174 Å². The summed E-state index contributed by atoms with van der Waals surface area (Å²) in [6, 6.07) is 4.01. The minimum atomic E-state index is -0.226. The molecule has 0 unspecified atom stereocenters. The molecule has 0 atom stereocenters. The van der Waals surface area contributed by atoms with Crippen LogP contribution in [-0.4, -0.2) is 55.7 Å². The zero-order valence-corrected chi connectivity index (χ0v) is 16.5. The molecule has 152 valence electrons. The van der Waals surface area contributed by atoms with Crippen molar-refractivity contribution < 1.29 is 9.59 Å². The maximum Gasteiger partial charge on any atom is 0.275 e. The molecule has 1 fully saturated rings. The first-order valence-electron chi connectivity index (χ1n) is 10.1. The number of aromatic nitrogens is 3. The van der Waals surface area contributed by atoms with E-state index in [0.29, 0.717) is 23.8 Å². The number of hydrogen-bond acceptors (Lipinski definition) is 6. The lowest BCUT2D eigenvalue weighted by Gasteiger charge is -2.28. The average Bonchev–Trinajstić information content (AvgIpc) is 3.56. The van der Waals surface area contributed by atoms with Gasteiger partial charge in [-0.3, -0.25) is 19.6 Å². The number of nitrogens with one attached hydrogen (secondary N) is 1. The molecule has 4 heterocycles. The second kappa shape index (κ2) is 7.37. The number of amides is 2. The lowest BCUT2D eigenvalue weighted by molar-refractivity contribution is -0.126. The van der Waals surface area contributed by atoms with E-state index in [0.717, 1.165) is 42.5 Å². The number of rotatable bonds is 5. The molecule has 2 aromatic rings. The molecule has 1 aliphatic carbocycles. The van der Waals surface area contributed by atoms with E-state index in [9.17, 15) is 9.59 Å². The molecule has 0 saturated heterocycles. The fourth-order valence-electron chi connectivity index (χ4n) is 4.08.